The zero-order valence-electron chi connectivity index (χ0n) is 10.8. The fourth-order valence-corrected chi connectivity index (χ4v) is 1.61. The number of halogens is 1. The van der Waals surface area contributed by atoms with Crippen molar-refractivity contribution in [1.82, 2.24) is 0 Å². The lowest BCUT2D eigenvalue weighted by Gasteiger charge is -2.12. The maximum Gasteiger partial charge on any atom is 0.443 e. The fourth-order valence-electron chi connectivity index (χ4n) is 1.61. The van der Waals surface area contributed by atoms with E-state index in [2.05, 4.69) is 0 Å². The third-order valence-corrected chi connectivity index (χ3v) is 2.63. The molecular weight excluding hydrogens is 279 g/mol. The van der Waals surface area contributed by atoms with Gasteiger partial charge in [0.2, 0.25) is 0 Å². The highest BCUT2D eigenvalue weighted by Gasteiger charge is 2.19. The fraction of sp³-hybridized carbons (Fsp3) is 0.0714. The number of nitrogens with zero attached hydrogens (tertiary/aromatic N) is 2. The summed E-state index contributed by atoms with van der Waals surface area (Å²) in [6.45, 7) is -0.0883. The molecule has 0 N–H and O–H groups in total. The van der Waals surface area contributed by atoms with Crippen molar-refractivity contribution < 1.29 is 18.9 Å². The largest absolute Gasteiger partial charge is 0.443 e. The second-order valence-corrected chi connectivity index (χ2v) is 4.10. The van der Waals surface area contributed by atoms with Crippen molar-refractivity contribution in [3.05, 3.63) is 70.3 Å². The van der Waals surface area contributed by atoms with E-state index in [0.717, 1.165) is 6.07 Å². The van der Waals surface area contributed by atoms with Gasteiger partial charge in [0.25, 0.3) is 5.69 Å². The highest BCUT2D eigenvalue weighted by Crippen LogP contribution is 2.22. The third-order valence-electron chi connectivity index (χ3n) is 2.63. The number of carbonyl (C=O) groups excluding carboxylic acids is 1. The summed E-state index contributed by atoms with van der Waals surface area (Å²) < 4.78 is 18.6. The maximum absolute atomic E-state index is 13.8. The number of non-ortho nitro benzene ring substituents is 1. The normalized spacial score (nSPS) is 9.95. The van der Waals surface area contributed by atoms with E-state index in [0.29, 0.717) is 5.56 Å². The molecule has 0 unspecified atom stereocenters. The first kappa shape index (κ1) is 14.4. The zero-order valence-corrected chi connectivity index (χ0v) is 10.8. The molecule has 0 aromatic heterocycles. The summed E-state index contributed by atoms with van der Waals surface area (Å²) in [7, 11) is 0. The number of hydrogen-bond acceptors (Lipinski definition) is 4. The van der Waals surface area contributed by atoms with Gasteiger partial charge >= 0.3 is 6.09 Å². The zero-order chi connectivity index (χ0) is 15.2. The van der Waals surface area contributed by atoms with Crippen LogP contribution in [0.25, 0.3) is 0 Å². The van der Waals surface area contributed by atoms with Crippen LogP contribution in [0, 0.1) is 10.1 Å². The van der Waals surface area contributed by atoms with E-state index in [-0.39, 0.29) is 23.1 Å². The molecule has 0 spiro atoms. The van der Waals surface area contributed by atoms with Crippen molar-refractivity contribution in [2.75, 3.05) is 5.12 Å². The van der Waals surface area contributed by atoms with Gasteiger partial charge in [-0.1, -0.05) is 40.9 Å². The molecule has 108 valence electrons. The van der Waals surface area contributed by atoms with E-state index in [1.54, 1.807) is 30.3 Å². The van der Waals surface area contributed by atoms with Crippen LogP contribution in [-0.2, 0) is 11.3 Å². The van der Waals surface area contributed by atoms with Crippen LogP contribution in [0.2, 0.25) is 0 Å². The second kappa shape index (κ2) is 6.47. The number of benzene rings is 2. The molecule has 0 aliphatic heterocycles. The van der Waals surface area contributed by atoms with E-state index < -0.39 is 11.0 Å². The summed E-state index contributed by atoms with van der Waals surface area (Å²) in [5.74, 6) is 0. The molecule has 0 atom stereocenters. The Morgan fingerprint density at radius 2 is 1.90 bits per heavy atom. The summed E-state index contributed by atoms with van der Waals surface area (Å²) in [6.07, 6.45) is -1.24. The van der Waals surface area contributed by atoms with Crippen LogP contribution in [0.1, 0.15) is 5.56 Å². The van der Waals surface area contributed by atoms with Crippen molar-refractivity contribution in [3.63, 3.8) is 0 Å². The first-order chi connectivity index (χ1) is 10.1. The van der Waals surface area contributed by atoms with Crippen LogP contribution in [0.5, 0.6) is 0 Å². The lowest BCUT2D eigenvalue weighted by atomic mass is 10.2. The van der Waals surface area contributed by atoms with Crippen molar-refractivity contribution in [3.8, 4) is 0 Å². The van der Waals surface area contributed by atoms with Crippen LogP contribution >= 0.6 is 0 Å². The van der Waals surface area contributed by atoms with Gasteiger partial charge in [-0.15, -0.1) is 5.12 Å². The molecule has 1 amide bonds. The van der Waals surface area contributed by atoms with E-state index in [9.17, 15) is 19.4 Å². The molecule has 7 heteroatoms. The number of carbonyl (C=O) groups is 1. The van der Waals surface area contributed by atoms with Gasteiger partial charge < -0.3 is 4.74 Å². The van der Waals surface area contributed by atoms with Crippen LogP contribution in [0.3, 0.4) is 0 Å². The lowest BCUT2D eigenvalue weighted by Crippen LogP contribution is -2.22. The summed E-state index contributed by atoms with van der Waals surface area (Å²) >= 11 is 0. The highest BCUT2D eigenvalue weighted by molar-refractivity contribution is 5.85. The van der Waals surface area contributed by atoms with Gasteiger partial charge in [0.05, 0.1) is 10.6 Å². The van der Waals surface area contributed by atoms with Gasteiger partial charge in [0.15, 0.2) is 0 Å². The van der Waals surface area contributed by atoms with Gasteiger partial charge in [-0.25, -0.2) is 4.79 Å². The summed E-state index contributed by atoms with van der Waals surface area (Å²) in [5.41, 5.74) is 0.131. The van der Waals surface area contributed by atoms with Gasteiger partial charge in [0.1, 0.15) is 6.61 Å². The number of rotatable bonds is 4. The quantitative estimate of drug-likeness (QED) is 0.489. The average Bonchev–Trinajstić information content (AvgIpc) is 2.53. The van der Waals surface area contributed by atoms with Gasteiger partial charge in [-0.05, 0) is 11.6 Å². The Balaban J connectivity index is 2.02. The highest BCUT2D eigenvalue weighted by atomic mass is 19.2. The van der Waals surface area contributed by atoms with Crippen molar-refractivity contribution >= 4 is 17.5 Å². The van der Waals surface area contributed by atoms with E-state index >= 15 is 0 Å². The Bertz CT molecular complexity index is 648. The molecule has 2 aromatic rings. The average molecular weight is 290 g/mol. The Morgan fingerprint density at radius 3 is 2.57 bits per heavy atom. The molecule has 2 rings (SSSR count). The van der Waals surface area contributed by atoms with Crippen molar-refractivity contribution in [2.45, 2.75) is 6.61 Å². The number of ether oxygens (including phenoxy) is 1. The molecule has 0 heterocycles. The Hall–Kier alpha value is -2.96. The minimum absolute atomic E-state index is 0.0883. The van der Waals surface area contributed by atoms with Gasteiger partial charge in [-0.2, -0.15) is 0 Å². The van der Waals surface area contributed by atoms with Crippen LogP contribution < -0.4 is 5.12 Å². The molecule has 0 saturated heterocycles. The standard InChI is InChI=1S/C14H11FN2O4/c15-16(12-7-4-8-13(9-12)17(19)20)14(18)21-10-11-5-2-1-3-6-11/h1-9H,10H2. The van der Waals surface area contributed by atoms with Crippen LogP contribution in [-0.4, -0.2) is 11.0 Å². The first-order valence-corrected chi connectivity index (χ1v) is 5.99. The topological polar surface area (TPSA) is 72.7 Å². The number of nitro groups is 1. The molecule has 0 radical (unpaired) electrons. The maximum atomic E-state index is 13.8. The summed E-state index contributed by atoms with van der Waals surface area (Å²) in [5, 5.41) is 10.3. The third kappa shape index (κ3) is 3.75. The molecular formula is C14H11FN2O4. The monoisotopic (exact) mass is 290 g/mol. The first-order valence-electron chi connectivity index (χ1n) is 5.99. The summed E-state index contributed by atoms with van der Waals surface area (Å²) in [6, 6.07) is 13.4. The summed E-state index contributed by atoms with van der Waals surface area (Å²) in [4.78, 5) is 21.5. The molecule has 0 aliphatic rings. The van der Waals surface area contributed by atoms with Gasteiger partial charge in [0, 0.05) is 12.1 Å². The minimum Gasteiger partial charge on any atom is -0.443 e. The number of hydrogen-bond donors (Lipinski definition) is 0. The Morgan fingerprint density at radius 1 is 1.19 bits per heavy atom. The predicted molar refractivity (Wildman–Crippen MR) is 73.3 cm³/mol. The Labute approximate surface area is 119 Å². The van der Waals surface area contributed by atoms with Crippen LogP contribution in [0.4, 0.5) is 20.7 Å². The second-order valence-electron chi connectivity index (χ2n) is 4.10. The smallest absolute Gasteiger partial charge is 0.443 e. The molecule has 0 bridgehead atoms. The van der Waals surface area contributed by atoms with Crippen molar-refractivity contribution in [1.29, 1.82) is 0 Å². The molecule has 2 aromatic carbocycles. The van der Waals surface area contributed by atoms with Gasteiger partial charge in [-0.3, -0.25) is 10.1 Å². The van der Waals surface area contributed by atoms with Crippen molar-refractivity contribution in [2.24, 2.45) is 0 Å². The minimum atomic E-state index is -1.24. The molecule has 0 saturated carbocycles. The van der Waals surface area contributed by atoms with E-state index in [4.69, 9.17) is 4.74 Å². The predicted octanol–water partition coefficient (Wildman–Crippen LogP) is 3.62. The lowest BCUT2D eigenvalue weighted by molar-refractivity contribution is -0.384. The molecule has 21 heavy (non-hydrogen) atoms. The Kier molecular flexibility index (Phi) is 4.45. The number of anilines is 1. The SMILES string of the molecule is O=C(OCc1ccccc1)N(F)c1cccc([N+](=O)[O-])c1. The van der Waals surface area contributed by atoms with E-state index in [1.807, 2.05) is 0 Å². The van der Waals surface area contributed by atoms with Crippen LogP contribution in [0.15, 0.2) is 54.6 Å². The van der Waals surface area contributed by atoms with E-state index in [1.165, 1.54) is 18.2 Å². The molecule has 0 fully saturated rings. The molecule has 0 aliphatic carbocycles. The molecule has 6 nitrogen and oxygen atoms in total. The number of amides is 1. The number of nitro benzene ring substituents is 1.